The van der Waals surface area contributed by atoms with Crippen molar-refractivity contribution in [1.29, 1.82) is 0 Å². The van der Waals surface area contributed by atoms with Crippen LogP contribution in [0.4, 0.5) is 0 Å². The van der Waals surface area contributed by atoms with Crippen LogP contribution in [0.3, 0.4) is 0 Å². The highest BCUT2D eigenvalue weighted by Gasteiger charge is 2.04. The Hall–Kier alpha value is -0.130. The van der Waals surface area contributed by atoms with E-state index in [9.17, 15) is 0 Å². The summed E-state index contributed by atoms with van der Waals surface area (Å²) in [6.45, 7) is 0. The second-order valence-corrected chi connectivity index (χ2v) is 4.25. The van der Waals surface area contributed by atoms with Gasteiger partial charge >= 0.3 is 0 Å². The van der Waals surface area contributed by atoms with E-state index in [1.807, 2.05) is 0 Å². The quantitative estimate of drug-likeness (QED) is 0.704. The zero-order valence-corrected chi connectivity index (χ0v) is 7.74. The van der Waals surface area contributed by atoms with Crippen LogP contribution in [0.5, 0.6) is 0 Å². The van der Waals surface area contributed by atoms with Crippen molar-refractivity contribution >= 4 is 43.8 Å². The molecule has 0 saturated heterocycles. The predicted octanol–water partition coefficient (Wildman–Crippen LogP) is 2.21. The molecule has 0 saturated carbocycles. The number of nitrogens with zero attached hydrogens (tertiary/aromatic N) is 3. The molecule has 2 heterocycles. The summed E-state index contributed by atoms with van der Waals surface area (Å²) in [4.78, 5) is 4.80. The molecule has 0 aliphatic carbocycles. The molecule has 0 atom stereocenters. The molecule has 52 valence electrons. The van der Waals surface area contributed by atoms with E-state index < -0.39 is 0 Å². The number of aromatic nitrogens is 3. The van der Waals surface area contributed by atoms with Crippen LogP contribution in [0.2, 0.25) is 5.15 Å². The Labute approximate surface area is 73.8 Å². The van der Waals surface area contributed by atoms with Gasteiger partial charge in [-0.15, -0.1) is 5.10 Å². The third-order valence-corrected chi connectivity index (χ3v) is 2.63. The summed E-state index contributed by atoms with van der Waals surface area (Å²) in [6, 6.07) is 0. The van der Waals surface area contributed by atoms with Crippen molar-refractivity contribution in [2.24, 2.45) is 0 Å². The molecule has 0 aliphatic heterocycles. The SMILES string of the molecule is Clc1cnc2sc(Br)nn12. The maximum Gasteiger partial charge on any atom is 0.214 e. The van der Waals surface area contributed by atoms with Gasteiger partial charge in [-0.1, -0.05) is 22.9 Å². The first-order chi connectivity index (χ1) is 4.77. The Bertz CT molecular complexity index is 367. The minimum absolute atomic E-state index is 0.539. The highest BCUT2D eigenvalue weighted by Crippen LogP contribution is 2.21. The second kappa shape index (κ2) is 2.18. The fourth-order valence-corrected chi connectivity index (χ4v) is 2.06. The third-order valence-electron chi connectivity index (χ3n) is 1.02. The van der Waals surface area contributed by atoms with Crippen molar-refractivity contribution < 1.29 is 0 Å². The molecule has 10 heavy (non-hydrogen) atoms. The molecule has 0 aliphatic rings. The van der Waals surface area contributed by atoms with Gasteiger partial charge in [-0.2, -0.15) is 4.52 Å². The first kappa shape index (κ1) is 6.57. The fraction of sp³-hybridized carbons (Fsp3) is 0. The number of imidazole rings is 1. The summed E-state index contributed by atoms with van der Waals surface area (Å²) >= 11 is 10.4. The molecule has 0 radical (unpaired) electrons. The van der Waals surface area contributed by atoms with Crippen LogP contribution >= 0.6 is 38.9 Å². The lowest BCUT2D eigenvalue weighted by Crippen LogP contribution is -1.80. The molecule has 0 fully saturated rings. The van der Waals surface area contributed by atoms with Crippen molar-refractivity contribution in [3.05, 3.63) is 15.3 Å². The van der Waals surface area contributed by atoms with E-state index in [1.165, 1.54) is 11.3 Å². The van der Waals surface area contributed by atoms with Gasteiger partial charge in [0.15, 0.2) is 9.07 Å². The molecule has 0 amide bonds. The molecule has 0 aromatic carbocycles. The van der Waals surface area contributed by atoms with Gasteiger partial charge in [-0.25, -0.2) is 4.98 Å². The van der Waals surface area contributed by atoms with Gasteiger partial charge in [0.25, 0.3) is 0 Å². The van der Waals surface area contributed by atoms with Crippen LogP contribution in [0, 0.1) is 0 Å². The van der Waals surface area contributed by atoms with E-state index >= 15 is 0 Å². The summed E-state index contributed by atoms with van der Waals surface area (Å²) in [7, 11) is 0. The van der Waals surface area contributed by atoms with E-state index in [4.69, 9.17) is 11.6 Å². The molecule has 0 spiro atoms. The van der Waals surface area contributed by atoms with E-state index in [0.717, 1.165) is 8.88 Å². The van der Waals surface area contributed by atoms with Crippen LogP contribution in [0.25, 0.3) is 4.96 Å². The zero-order valence-electron chi connectivity index (χ0n) is 4.58. The van der Waals surface area contributed by atoms with Crippen LogP contribution in [-0.4, -0.2) is 14.6 Å². The molecular formula is C4HBrClN3S. The van der Waals surface area contributed by atoms with Crippen molar-refractivity contribution in [1.82, 2.24) is 14.6 Å². The van der Waals surface area contributed by atoms with Crippen molar-refractivity contribution in [3.8, 4) is 0 Å². The summed E-state index contributed by atoms with van der Waals surface area (Å²) in [6.07, 6.45) is 1.58. The number of hydrogen-bond donors (Lipinski definition) is 0. The minimum Gasteiger partial charge on any atom is -0.224 e. The van der Waals surface area contributed by atoms with E-state index in [1.54, 1.807) is 10.7 Å². The molecule has 3 nitrogen and oxygen atoms in total. The van der Waals surface area contributed by atoms with E-state index in [-0.39, 0.29) is 0 Å². The summed E-state index contributed by atoms with van der Waals surface area (Å²) in [5, 5.41) is 4.57. The Kier molecular flexibility index (Phi) is 1.43. The highest BCUT2D eigenvalue weighted by molar-refractivity contribution is 9.11. The molecule has 2 aromatic rings. The van der Waals surface area contributed by atoms with Crippen LogP contribution < -0.4 is 0 Å². The molecule has 0 N–H and O–H groups in total. The molecule has 0 unspecified atom stereocenters. The van der Waals surface area contributed by atoms with Crippen LogP contribution in [0.15, 0.2) is 10.1 Å². The van der Waals surface area contributed by atoms with Crippen molar-refractivity contribution in [2.45, 2.75) is 0 Å². The van der Waals surface area contributed by atoms with Crippen molar-refractivity contribution in [3.63, 3.8) is 0 Å². The van der Waals surface area contributed by atoms with Gasteiger partial charge in [0.2, 0.25) is 4.96 Å². The van der Waals surface area contributed by atoms with Gasteiger partial charge in [0.1, 0.15) is 0 Å². The zero-order chi connectivity index (χ0) is 7.14. The van der Waals surface area contributed by atoms with Gasteiger partial charge in [-0.05, 0) is 15.9 Å². The van der Waals surface area contributed by atoms with Gasteiger partial charge in [0.05, 0.1) is 6.20 Å². The third kappa shape index (κ3) is 0.853. The Morgan fingerprint density at radius 1 is 1.70 bits per heavy atom. The summed E-state index contributed by atoms with van der Waals surface area (Å²) in [5.74, 6) is 0. The second-order valence-electron chi connectivity index (χ2n) is 1.63. The predicted molar refractivity (Wildman–Crippen MR) is 43.6 cm³/mol. The maximum absolute atomic E-state index is 5.71. The summed E-state index contributed by atoms with van der Waals surface area (Å²) < 4.78 is 2.37. The number of fused-ring (bicyclic) bond motifs is 1. The van der Waals surface area contributed by atoms with Gasteiger partial charge < -0.3 is 0 Å². The lowest BCUT2D eigenvalue weighted by molar-refractivity contribution is 0.960. The Morgan fingerprint density at radius 2 is 2.50 bits per heavy atom. The molecule has 0 bridgehead atoms. The van der Waals surface area contributed by atoms with Gasteiger partial charge in [-0.3, -0.25) is 0 Å². The molecule has 2 rings (SSSR count). The summed E-state index contributed by atoms with van der Waals surface area (Å²) in [5.41, 5.74) is 0. The first-order valence-corrected chi connectivity index (χ1v) is 4.41. The highest BCUT2D eigenvalue weighted by atomic mass is 79.9. The molecule has 2 aromatic heterocycles. The van der Waals surface area contributed by atoms with Crippen molar-refractivity contribution in [2.75, 3.05) is 0 Å². The number of halogens is 2. The monoisotopic (exact) mass is 237 g/mol. The molecule has 6 heteroatoms. The maximum atomic E-state index is 5.71. The smallest absolute Gasteiger partial charge is 0.214 e. The minimum atomic E-state index is 0.539. The fourth-order valence-electron chi connectivity index (χ4n) is 0.644. The van der Waals surface area contributed by atoms with Crippen LogP contribution in [-0.2, 0) is 0 Å². The largest absolute Gasteiger partial charge is 0.224 e. The lowest BCUT2D eigenvalue weighted by Gasteiger charge is -1.78. The van der Waals surface area contributed by atoms with E-state index in [2.05, 4.69) is 26.0 Å². The topological polar surface area (TPSA) is 30.2 Å². The number of rotatable bonds is 0. The van der Waals surface area contributed by atoms with E-state index in [0.29, 0.717) is 5.15 Å². The standard InChI is InChI=1S/C4HBrClN3S/c5-3-8-9-2(6)1-7-4(9)10-3/h1H. The average molecular weight is 238 g/mol. The number of hydrogen-bond acceptors (Lipinski definition) is 3. The molecular weight excluding hydrogens is 237 g/mol. The Balaban J connectivity index is 2.90. The van der Waals surface area contributed by atoms with Crippen LogP contribution in [0.1, 0.15) is 0 Å². The average Bonchev–Trinajstić information content (AvgIpc) is 2.35. The normalized spacial score (nSPS) is 11.0. The Morgan fingerprint density at radius 3 is 3.20 bits per heavy atom. The van der Waals surface area contributed by atoms with Gasteiger partial charge in [0, 0.05) is 0 Å². The lowest BCUT2D eigenvalue weighted by atomic mass is 10.9. The first-order valence-electron chi connectivity index (χ1n) is 2.43.